The Morgan fingerprint density at radius 2 is 2.06 bits per heavy atom. The summed E-state index contributed by atoms with van der Waals surface area (Å²) in [5.74, 6) is -1.69. The van der Waals surface area contributed by atoms with Gasteiger partial charge in [0, 0.05) is 35.7 Å². The molecule has 1 aromatic carbocycles. The number of nitrogens with one attached hydrogen (secondary N) is 2. The Labute approximate surface area is 178 Å². The van der Waals surface area contributed by atoms with E-state index in [2.05, 4.69) is 20.7 Å². The van der Waals surface area contributed by atoms with E-state index in [1.165, 1.54) is 0 Å². The van der Waals surface area contributed by atoms with Crippen molar-refractivity contribution in [2.75, 3.05) is 18.5 Å². The van der Waals surface area contributed by atoms with Crippen molar-refractivity contribution in [2.45, 2.75) is 38.1 Å². The first-order valence-electron chi connectivity index (χ1n) is 9.93. The number of amides is 4. The first kappa shape index (κ1) is 21.8. The fourth-order valence-electron chi connectivity index (χ4n) is 3.31. The van der Waals surface area contributed by atoms with Gasteiger partial charge in [-0.2, -0.15) is 0 Å². The summed E-state index contributed by atoms with van der Waals surface area (Å²) in [4.78, 5) is 51.9. The van der Waals surface area contributed by atoms with E-state index in [4.69, 9.17) is 10.3 Å². The standard InChI is InChI=1S/C20H22N6O5/c21-25-22-9-2-1-3-10-31-14-6-4-5-13(11-14)23-15-12-18(28)26(20(15)30)16-7-8-17(27)24-19(16)29/h4-6,11-12,16,23H,1-3,7-10H2,(H,24,27,29). The molecule has 0 aromatic heterocycles. The lowest BCUT2D eigenvalue weighted by molar-refractivity contribution is -0.149. The lowest BCUT2D eigenvalue weighted by atomic mass is 10.0. The van der Waals surface area contributed by atoms with Crippen LogP contribution in [0.5, 0.6) is 5.75 Å². The molecular weight excluding hydrogens is 404 g/mol. The van der Waals surface area contributed by atoms with E-state index in [1.807, 2.05) is 0 Å². The molecule has 162 valence electrons. The van der Waals surface area contributed by atoms with Gasteiger partial charge in [0.1, 0.15) is 17.5 Å². The summed E-state index contributed by atoms with van der Waals surface area (Å²) >= 11 is 0. The Morgan fingerprint density at radius 1 is 1.23 bits per heavy atom. The predicted molar refractivity (Wildman–Crippen MR) is 110 cm³/mol. The second kappa shape index (κ2) is 10.3. The lowest BCUT2D eigenvalue weighted by Gasteiger charge is -2.28. The Hall–Kier alpha value is -3.85. The van der Waals surface area contributed by atoms with Crippen LogP contribution in [0.4, 0.5) is 5.69 Å². The molecule has 2 N–H and O–H groups in total. The van der Waals surface area contributed by atoms with Gasteiger partial charge in [-0.25, -0.2) is 0 Å². The van der Waals surface area contributed by atoms with Crippen LogP contribution >= 0.6 is 0 Å². The van der Waals surface area contributed by atoms with E-state index in [9.17, 15) is 19.2 Å². The zero-order valence-electron chi connectivity index (χ0n) is 16.7. The lowest BCUT2D eigenvalue weighted by Crippen LogP contribution is -2.54. The molecule has 31 heavy (non-hydrogen) atoms. The summed E-state index contributed by atoms with van der Waals surface area (Å²) in [7, 11) is 0. The minimum absolute atomic E-state index is 0.0462. The van der Waals surface area contributed by atoms with Crippen LogP contribution in [-0.4, -0.2) is 47.7 Å². The van der Waals surface area contributed by atoms with Crippen LogP contribution in [0.1, 0.15) is 32.1 Å². The molecule has 0 saturated carbocycles. The van der Waals surface area contributed by atoms with E-state index >= 15 is 0 Å². The number of anilines is 1. The molecule has 0 radical (unpaired) electrons. The van der Waals surface area contributed by atoms with Crippen LogP contribution in [0, 0.1) is 0 Å². The van der Waals surface area contributed by atoms with Gasteiger partial charge in [0.25, 0.3) is 11.8 Å². The van der Waals surface area contributed by atoms with Crippen molar-refractivity contribution < 1.29 is 23.9 Å². The molecule has 1 atom stereocenters. The van der Waals surface area contributed by atoms with E-state index in [1.54, 1.807) is 24.3 Å². The number of hydrogen-bond acceptors (Lipinski definition) is 7. The van der Waals surface area contributed by atoms with E-state index in [-0.39, 0.29) is 18.5 Å². The van der Waals surface area contributed by atoms with Crippen molar-refractivity contribution in [3.63, 3.8) is 0 Å². The van der Waals surface area contributed by atoms with Crippen LogP contribution < -0.4 is 15.4 Å². The Balaban J connectivity index is 1.54. The summed E-state index contributed by atoms with van der Waals surface area (Å²) in [5.41, 5.74) is 8.83. The minimum atomic E-state index is -0.998. The summed E-state index contributed by atoms with van der Waals surface area (Å²) in [6.45, 7) is 0.955. The molecule has 2 heterocycles. The van der Waals surface area contributed by atoms with Gasteiger partial charge >= 0.3 is 0 Å². The number of unbranched alkanes of at least 4 members (excludes halogenated alkanes) is 2. The van der Waals surface area contributed by atoms with Gasteiger partial charge in [0.15, 0.2) is 0 Å². The van der Waals surface area contributed by atoms with Crippen LogP contribution in [0.25, 0.3) is 10.4 Å². The molecular formula is C20H22N6O5. The summed E-state index contributed by atoms with van der Waals surface area (Å²) < 4.78 is 5.70. The number of imide groups is 2. The molecule has 11 nitrogen and oxygen atoms in total. The molecule has 4 amide bonds. The molecule has 2 aliphatic heterocycles. The summed E-state index contributed by atoms with van der Waals surface area (Å²) in [6, 6.07) is 5.95. The number of rotatable bonds is 10. The van der Waals surface area contributed by atoms with Gasteiger partial charge in [-0.05, 0) is 43.3 Å². The normalized spacial score (nSPS) is 18.4. The summed E-state index contributed by atoms with van der Waals surface area (Å²) in [6.07, 6.45) is 3.79. The molecule has 1 saturated heterocycles. The predicted octanol–water partition coefficient (Wildman–Crippen LogP) is 2.02. The largest absolute Gasteiger partial charge is 0.494 e. The number of carbonyl (C=O) groups is 4. The van der Waals surface area contributed by atoms with Crippen molar-refractivity contribution in [2.24, 2.45) is 5.11 Å². The smallest absolute Gasteiger partial charge is 0.278 e. The van der Waals surface area contributed by atoms with E-state index < -0.39 is 29.7 Å². The average molecular weight is 426 g/mol. The van der Waals surface area contributed by atoms with Gasteiger partial charge in [0.2, 0.25) is 11.8 Å². The van der Waals surface area contributed by atoms with Gasteiger partial charge in [-0.1, -0.05) is 11.2 Å². The molecule has 3 rings (SSSR count). The molecule has 1 fully saturated rings. The van der Waals surface area contributed by atoms with E-state index in [0.29, 0.717) is 24.6 Å². The number of azide groups is 1. The molecule has 1 unspecified atom stereocenters. The molecule has 0 aliphatic carbocycles. The maximum absolute atomic E-state index is 12.7. The van der Waals surface area contributed by atoms with Crippen LogP contribution in [0.3, 0.4) is 0 Å². The number of hydrogen-bond donors (Lipinski definition) is 2. The number of nitrogens with zero attached hydrogens (tertiary/aromatic N) is 4. The van der Waals surface area contributed by atoms with Crippen LogP contribution in [0.2, 0.25) is 0 Å². The SMILES string of the molecule is [N-]=[N+]=NCCCCCOc1cccc(NC2=CC(=O)N(C3CCC(=O)NC3=O)C2=O)c1. The second-order valence-corrected chi connectivity index (χ2v) is 7.05. The Bertz CT molecular complexity index is 969. The highest BCUT2D eigenvalue weighted by molar-refractivity contribution is 6.20. The quantitative estimate of drug-likeness (QED) is 0.192. The highest BCUT2D eigenvalue weighted by Crippen LogP contribution is 2.24. The highest BCUT2D eigenvalue weighted by Gasteiger charge is 2.42. The zero-order valence-corrected chi connectivity index (χ0v) is 16.7. The number of benzene rings is 1. The van der Waals surface area contributed by atoms with Crippen LogP contribution in [-0.2, 0) is 19.2 Å². The third-order valence-electron chi connectivity index (χ3n) is 4.82. The van der Waals surface area contributed by atoms with Crippen LogP contribution in [0.15, 0.2) is 41.2 Å². The fourth-order valence-corrected chi connectivity index (χ4v) is 3.31. The van der Waals surface area contributed by atoms with Crippen molar-refractivity contribution in [3.8, 4) is 5.75 Å². The number of ether oxygens (including phenoxy) is 1. The monoisotopic (exact) mass is 426 g/mol. The summed E-state index contributed by atoms with van der Waals surface area (Å²) in [5, 5.41) is 8.53. The van der Waals surface area contributed by atoms with Gasteiger partial charge in [0.05, 0.1) is 6.61 Å². The van der Waals surface area contributed by atoms with Gasteiger partial charge in [-0.3, -0.25) is 29.4 Å². The second-order valence-electron chi connectivity index (χ2n) is 7.05. The molecule has 1 aromatic rings. The van der Waals surface area contributed by atoms with Crippen molar-refractivity contribution in [3.05, 3.63) is 46.5 Å². The number of piperidine rings is 1. The van der Waals surface area contributed by atoms with E-state index in [0.717, 1.165) is 30.2 Å². The first-order valence-corrected chi connectivity index (χ1v) is 9.93. The van der Waals surface area contributed by atoms with Crippen molar-refractivity contribution in [1.29, 1.82) is 0 Å². The first-order chi connectivity index (χ1) is 15.0. The zero-order chi connectivity index (χ0) is 22.2. The topological polar surface area (TPSA) is 154 Å². The third kappa shape index (κ3) is 5.61. The highest BCUT2D eigenvalue weighted by atomic mass is 16.5. The maximum Gasteiger partial charge on any atom is 0.278 e. The fraction of sp³-hybridized carbons (Fsp3) is 0.400. The number of carbonyl (C=O) groups excluding carboxylic acids is 4. The Kier molecular flexibility index (Phi) is 7.23. The van der Waals surface area contributed by atoms with Crippen molar-refractivity contribution >= 4 is 29.3 Å². The molecule has 0 spiro atoms. The Morgan fingerprint density at radius 3 is 2.84 bits per heavy atom. The molecule has 2 aliphatic rings. The maximum atomic E-state index is 12.7. The van der Waals surface area contributed by atoms with Gasteiger partial charge in [-0.15, -0.1) is 0 Å². The third-order valence-corrected chi connectivity index (χ3v) is 4.82. The molecule has 0 bridgehead atoms. The van der Waals surface area contributed by atoms with Crippen molar-refractivity contribution in [1.82, 2.24) is 10.2 Å². The molecule has 11 heteroatoms. The average Bonchev–Trinajstić information content (AvgIpc) is 3.01. The van der Waals surface area contributed by atoms with Gasteiger partial charge < -0.3 is 10.1 Å². The minimum Gasteiger partial charge on any atom is -0.494 e.